The van der Waals surface area contributed by atoms with Crippen LogP contribution in [-0.4, -0.2) is 17.8 Å². The molecule has 0 spiro atoms. The van der Waals surface area contributed by atoms with E-state index in [2.05, 4.69) is 6.08 Å². The van der Waals surface area contributed by atoms with E-state index in [0.29, 0.717) is 6.54 Å². The Morgan fingerprint density at radius 3 is 3.00 bits per heavy atom. The maximum absolute atomic E-state index is 9.26. The molecule has 56 valence electrons. The first kappa shape index (κ1) is 7.51. The smallest absolute Gasteiger partial charge is 0.0875 e. The summed E-state index contributed by atoms with van der Waals surface area (Å²) in [5, 5.41) is 9.26. The van der Waals surface area contributed by atoms with Gasteiger partial charge in [0.15, 0.2) is 0 Å². The van der Waals surface area contributed by atoms with E-state index in [4.69, 9.17) is 5.73 Å². The minimum absolute atomic E-state index is 0.333. The van der Waals surface area contributed by atoms with Gasteiger partial charge in [0.2, 0.25) is 0 Å². The van der Waals surface area contributed by atoms with E-state index in [0.717, 1.165) is 18.4 Å². The van der Waals surface area contributed by atoms with E-state index >= 15 is 0 Å². The first-order valence-electron chi connectivity index (χ1n) is 3.58. The quantitative estimate of drug-likeness (QED) is 0.588. The van der Waals surface area contributed by atoms with Crippen molar-refractivity contribution in [3.8, 4) is 0 Å². The van der Waals surface area contributed by atoms with Gasteiger partial charge in [-0.2, -0.15) is 0 Å². The first-order valence-corrected chi connectivity index (χ1v) is 3.58. The lowest BCUT2D eigenvalue weighted by molar-refractivity contribution is 0.214. The van der Waals surface area contributed by atoms with Gasteiger partial charge in [0, 0.05) is 6.54 Å². The maximum atomic E-state index is 9.26. The van der Waals surface area contributed by atoms with Crippen molar-refractivity contribution in [2.45, 2.75) is 18.9 Å². The predicted octanol–water partition coefficient (Wildman–Crippen LogP) is 0.582. The summed E-state index contributed by atoms with van der Waals surface area (Å²) in [5.41, 5.74) is 6.35. The molecule has 0 amide bonds. The van der Waals surface area contributed by atoms with Gasteiger partial charge >= 0.3 is 0 Å². The van der Waals surface area contributed by atoms with Crippen LogP contribution in [0.25, 0.3) is 0 Å². The van der Waals surface area contributed by atoms with Crippen molar-refractivity contribution < 1.29 is 5.11 Å². The van der Waals surface area contributed by atoms with Crippen molar-refractivity contribution in [3.63, 3.8) is 0 Å². The molecular weight excluding hydrogens is 126 g/mol. The lowest BCUT2D eigenvalue weighted by Gasteiger charge is -2.13. The van der Waals surface area contributed by atoms with Crippen molar-refractivity contribution in [3.05, 3.63) is 23.8 Å². The fourth-order valence-electron chi connectivity index (χ4n) is 1.05. The monoisotopic (exact) mass is 139 g/mol. The van der Waals surface area contributed by atoms with E-state index in [1.54, 1.807) is 0 Å². The normalized spacial score (nSPS) is 20.4. The van der Waals surface area contributed by atoms with E-state index < -0.39 is 6.10 Å². The highest BCUT2D eigenvalue weighted by Gasteiger charge is 2.08. The van der Waals surface area contributed by atoms with Crippen LogP contribution in [0, 0.1) is 0 Å². The highest BCUT2D eigenvalue weighted by molar-refractivity contribution is 5.20. The Morgan fingerprint density at radius 1 is 1.70 bits per heavy atom. The summed E-state index contributed by atoms with van der Waals surface area (Å²) in [6, 6.07) is 0. The summed E-state index contributed by atoms with van der Waals surface area (Å²) < 4.78 is 0. The second-order valence-electron chi connectivity index (χ2n) is 2.46. The molecule has 0 radical (unpaired) electrons. The van der Waals surface area contributed by atoms with Gasteiger partial charge in [0.1, 0.15) is 0 Å². The van der Waals surface area contributed by atoms with Gasteiger partial charge in [-0.05, 0) is 18.4 Å². The first-order chi connectivity index (χ1) is 4.84. The molecule has 0 heterocycles. The summed E-state index contributed by atoms with van der Waals surface area (Å²) in [6.45, 7) is 0.333. The van der Waals surface area contributed by atoms with Crippen molar-refractivity contribution in [1.82, 2.24) is 0 Å². The van der Waals surface area contributed by atoms with Crippen LogP contribution in [0.2, 0.25) is 0 Å². The van der Waals surface area contributed by atoms with Gasteiger partial charge < -0.3 is 10.8 Å². The van der Waals surface area contributed by atoms with E-state index in [1.807, 2.05) is 12.2 Å². The topological polar surface area (TPSA) is 46.2 Å². The van der Waals surface area contributed by atoms with Crippen LogP contribution in [0.4, 0.5) is 0 Å². The Bertz CT molecular complexity index is 161. The van der Waals surface area contributed by atoms with Crippen molar-refractivity contribution in [2.75, 3.05) is 6.54 Å². The summed E-state index contributed by atoms with van der Waals surface area (Å²) in [4.78, 5) is 0. The molecule has 0 fully saturated rings. The molecule has 0 saturated carbocycles. The molecule has 1 aliphatic rings. The number of allylic oxidation sites excluding steroid dienone is 3. The van der Waals surface area contributed by atoms with Gasteiger partial charge in [0.25, 0.3) is 0 Å². The van der Waals surface area contributed by atoms with Gasteiger partial charge in [-0.3, -0.25) is 0 Å². The molecule has 1 atom stereocenters. The molecule has 1 rings (SSSR count). The van der Waals surface area contributed by atoms with Crippen LogP contribution in [0.3, 0.4) is 0 Å². The maximum Gasteiger partial charge on any atom is 0.0875 e. The molecule has 0 unspecified atom stereocenters. The van der Waals surface area contributed by atoms with Crippen LogP contribution in [0.1, 0.15) is 12.8 Å². The SMILES string of the molecule is NC[C@H](O)C1=CC=CCC1. The van der Waals surface area contributed by atoms with Gasteiger partial charge in [-0.1, -0.05) is 18.2 Å². The Kier molecular flexibility index (Phi) is 2.66. The van der Waals surface area contributed by atoms with Gasteiger partial charge in [0.05, 0.1) is 6.10 Å². The molecule has 0 saturated heterocycles. The summed E-state index contributed by atoms with van der Waals surface area (Å²) >= 11 is 0. The van der Waals surface area contributed by atoms with Crippen LogP contribution in [0.15, 0.2) is 23.8 Å². The number of hydrogen-bond donors (Lipinski definition) is 2. The second kappa shape index (κ2) is 3.54. The zero-order valence-corrected chi connectivity index (χ0v) is 5.96. The second-order valence-corrected chi connectivity index (χ2v) is 2.46. The molecule has 2 nitrogen and oxygen atoms in total. The minimum Gasteiger partial charge on any atom is -0.387 e. The summed E-state index contributed by atoms with van der Waals surface area (Å²) in [5.74, 6) is 0. The number of aliphatic hydroxyl groups is 1. The van der Waals surface area contributed by atoms with Crippen molar-refractivity contribution >= 4 is 0 Å². The van der Waals surface area contributed by atoms with Gasteiger partial charge in [-0.25, -0.2) is 0 Å². The number of aliphatic hydroxyl groups excluding tert-OH is 1. The van der Waals surface area contributed by atoms with Crippen molar-refractivity contribution in [2.24, 2.45) is 5.73 Å². The fraction of sp³-hybridized carbons (Fsp3) is 0.500. The molecule has 0 aromatic carbocycles. The van der Waals surface area contributed by atoms with Crippen LogP contribution >= 0.6 is 0 Å². The Morgan fingerprint density at radius 2 is 2.50 bits per heavy atom. The average molecular weight is 139 g/mol. The Hall–Kier alpha value is -0.600. The molecule has 3 N–H and O–H groups in total. The summed E-state index contributed by atoms with van der Waals surface area (Å²) in [6.07, 6.45) is 7.56. The third-order valence-corrected chi connectivity index (χ3v) is 1.70. The molecular formula is C8H13NO. The lowest BCUT2D eigenvalue weighted by Crippen LogP contribution is -2.22. The molecule has 0 aromatic heterocycles. The van der Waals surface area contributed by atoms with Crippen molar-refractivity contribution in [1.29, 1.82) is 0 Å². The van der Waals surface area contributed by atoms with E-state index in [-0.39, 0.29) is 0 Å². The van der Waals surface area contributed by atoms with Gasteiger partial charge in [-0.15, -0.1) is 0 Å². The highest BCUT2D eigenvalue weighted by Crippen LogP contribution is 2.14. The van der Waals surface area contributed by atoms with E-state index in [9.17, 15) is 5.11 Å². The number of rotatable bonds is 2. The largest absolute Gasteiger partial charge is 0.387 e. The molecule has 10 heavy (non-hydrogen) atoms. The van der Waals surface area contributed by atoms with Crippen LogP contribution in [0.5, 0.6) is 0 Å². The van der Waals surface area contributed by atoms with E-state index in [1.165, 1.54) is 0 Å². The fourth-order valence-corrected chi connectivity index (χ4v) is 1.05. The zero-order chi connectivity index (χ0) is 7.40. The Balaban J connectivity index is 2.53. The number of nitrogens with two attached hydrogens (primary N) is 1. The third-order valence-electron chi connectivity index (χ3n) is 1.70. The molecule has 1 aliphatic carbocycles. The predicted molar refractivity (Wildman–Crippen MR) is 41.5 cm³/mol. The molecule has 2 heteroatoms. The third kappa shape index (κ3) is 1.69. The van der Waals surface area contributed by atoms with Crippen LogP contribution in [-0.2, 0) is 0 Å². The Labute approximate surface area is 61.0 Å². The minimum atomic E-state index is -0.426. The number of hydrogen-bond acceptors (Lipinski definition) is 2. The standard InChI is InChI=1S/C8H13NO/c9-6-8(10)7-4-2-1-3-5-7/h1-2,4,8,10H,3,5-6,9H2/t8-/m0/s1. The van der Waals surface area contributed by atoms with Crippen LogP contribution < -0.4 is 5.73 Å². The molecule has 0 aliphatic heterocycles. The zero-order valence-electron chi connectivity index (χ0n) is 5.96. The lowest BCUT2D eigenvalue weighted by atomic mass is 10.0. The molecule has 0 bridgehead atoms. The highest BCUT2D eigenvalue weighted by atomic mass is 16.3. The average Bonchev–Trinajstić information content (AvgIpc) is 2.05. The summed E-state index contributed by atoms with van der Waals surface area (Å²) in [7, 11) is 0. The molecule has 0 aromatic rings.